The van der Waals surface area contributed by atoms with Gasteiger partial charge in [0.15, 0.2) is 0 Å². The van der Waals surface area contributed by atoms with Crippen LogP contribution >= 0.6 is 0 Å². The molecule has 6 heteroatoms. The molecule has 1 aromatic heterocycles. The first-order valence-corrected chi connectivity index (χ1v) is 8.80. The number of nitrogens with zero attached hydrogens (tertiary/aromatic N) is 4. The molecule has 24 heavy (non-hydrogen) atoms. The van der Waals surface area contributed by atoms with Crippen molar-refractivity contribution in [2.24, 2.45) is 0 Å². The van der Waals surface area contributed by atoms with Crippen molar-refractivity contribution in [2.75, 3.05) is 26.2 Å². The summed E-state index contributed by atoms with van der Waals surface area (Å²) in [6.45, 7) is 8.75. The van der Waals surface area contributed by atoms with Gasteiger partial charge in [0.1, 0.15) is 11.5 Å². The van der Waals surface area contributed by atoms with Crippen LogP contribution in [0.15, 0.2) is 6.07 Å². The summed E-state index contributed by atoms with van der Waals surface area (Å²) in [5.74, 6) is 0.879. The van der Waals surface area contributed by atoms with Crippen molar-refractivity contribution in [3.8, 4) is 0 Å². The zero-order valence-electron chi connectivity index (χ0n) is 14.8. The SMILES string of the molecule is CC(=O)N1CCC(C)(c2nc(C)cc(C(=O)N3CCCC3)n2)CC1. The van der Waals surface area contributed by atoms with Crippen LogP contribution in [0.5, 0.6) is 0 Å². The summed E-state index contributed by atoms with van der Waals surface area (Å²) in [7, 11) is 0. The highest BCUT2D eigenvalue weighted by molar-refractivity contribution is 5.92. The fourth-order valence-electron chi connectivity index (χ4n) is 3.57. The van der Waals surface area contributed by atoms with Gasteiger partial charge in [0.05, 0.1) is 0 Å². The number of likely N-dealkylation sites (tertiary alicyclic amines) is 2. The molecule has 2 saturated heterocycles. The third-order valence-electron chi connectivity index (χ3n) is 5.32. The summed E-state index contributed by atoms with van der Waals surface area (Å²) in [6.07, 6.45) is 3.79. The molecule has 3 heterocycles. The summed E-state index contributed by atoms with van der Waals surface area (Å²) in [4.78, 5) is 37.2. The molecule has 0 aromatic carbocycles. The molecule has 0 atom stereocenters. The highest BCUT2D eigenvalue weighted by Gasteiger charge is 2.36. The second-order valence-electron chi connectivity index (χ2n) is 7.28. The van der Waals surface area contributed by atoms with Crippen molar-refractivity contribution in [2.45, 2.75) is 51.9 Å². The van der Waals surface area contributed by atoms with E-state index >= 15 is 0 Å². The largest absolute Gasteiger partial charge is 0.343 e. The molecule has 0 bridgehead atoms. The lowest BCUT2D eigenvalue weighted by Gasteiger charge is -2.38. The van der Waals surface area contributed by atoms with Crippen molar-refractivity contribution >= 4 is 11.8 Å². The van der Waals surface area contributed by atoms with E-state index in [1.165, 1.54) is 0 Å². The zero-order valence-corrected chi connectivity index (χ0v) is 14.8. The Morgan fingerprint density at radius 3 is 2.25 bits per heavy atom. The second kappa shape index (κ2) is 6.49. The minimum absolute atomic E-state index is 0.0176. The lowest BCUT2D eigenvalue weighted by Crippen LogP contribution is -2.44. The van der Waals surface area contributed by atoms with Crippen LogP contribution in [0.4, 0.5) is 0 Å². The Kier molecular flexibility index (Phi) is 4.56. The van der Waals surface area contributed by atoms with E-state index in [0.29, 0.717) is 5.69 Å². The van der Waals surface area contributed by atoms with Crippen LogP contribution in [0.3, 0.4) is 0 Å². The average Bonchev–Trinajstić information content (AvgIpc) is 3.08. The molecule has 0 saturated carbocycles. The first kappa shape index (κ1) is 16.9. The molecule has 1 aromatic rings. The van der Waals surface area contributed by atoms with Crippen molar-refractivity contribution in [1.82, 2.24) is 19.8 Å². The van der Waals surface area contributed by atoms with Gasteiger partial charge in [-0.05, 0) is 38.7 Å². The Morgan fingerprint density at radius 2 is 1.67 bits per heavy atom. The molecule has 2 fully saturated rings. The molecular weight excluding hydrogens is 304 g/mol. The molecule has 0 unspecified atom stereocenters. The predicted molar refractivity (Wildman–Crippen MR) is 90.7 cm³/mol. The maximum Gasteiger partial charge on any atom is 0.272 e. The normalized spacial score (nSPS) is 20.3. The van der Waals surface area contributed by atoms with Crippen LogP contribution in [-0.4, -0.2) is 57.8 Å². The number of hydrogen-bond acceptors (Lipinski definition) is 4. The highest BCUT2D eigenvalue weighted by Crippen LogP contribution is 2.33. The van der Waals surface area contributed by atoms with Gasteiger partial charge in [-0.25, -0.2) is 9.97 Å². The maximum atomic E-state index is 12.7. The van der Waals surface area contributed by atoms with Crippen LogP contribution in [0.1, 0.15) is 61.5 Å². The van der Waals surface area contributed by atoms with Gasteiger partial charge in [-0.15, -0.1) is 0 Å². The van der Waals surface area contributed by atoms with Gasteiger partial charge in [-0.2, -0.15) is 0 Å². The number of hydrogen-bond donors (Lipinski definition) is 0. The topological polar surface area (TPSA) is 66.4 Å². The van der Waals surface area contributed by atoms with Crippen LogP contribution in [0.2, 0.25) is 0 Å². The van der Waals surface area contributed by atoms with Crippen LogP contribution in [0.25, 0.3) is 0 Å². The lowest BCUT2D eigenvalue weighted by atomic mass is 9.79. The predicted octanol–water partition coefficient (Wildman–Crippen LogP) is 1.92. The smallest absolute Gasteiger partial charge is 0.272 e. The number of carbonyl (C=O) groups is 2. The van der Waals surface area contributed by atoms with Crippen molar-refractivity contribution in [1.29, 1.82) is 0 Å². The van der Waals surface area contributed by atoms with E-state index in [-0.39, 0.29) is 17.2 Å². The summed E-state index contributed by atoms with van der Waals surface area (Å²) < 4.78 is 0. The summed E-state index contributed by atoms with van der Waals surface area (Å²) in [5.41, 5.74) is 1.16. The van der Waals surface area contributed by atoms with E-state index < -0.39 is 0 Å². The van der Waals surface area contributed by atoms with Gasteiger partial charge in [0.25, 0.3) is 5.91 Å². The van der Waals surface area contributed by atoms with Crippen molar-refractivity contribution in [3.05, 3.63) is 23.3 Å². The standard InChI is InChI=1S/C18H26N4O2/c1-13-12-15(16(24)22-8-4-5-9-22)20-17(19-13)18(3)6-10-21(11-7-18)14(2)23/h12H,4-11H2,1-3H3. The number of amides is 2. The third-order valence-corrected chi connectivity index (χ3v) is 5.32. The van der Waals surface area contributed by atoms with Gasteiger partial charge in [0, 0.05) is 44.2 Å². The van der Waals surface area contributed by atoms with E-state index in [0.717, 1.165) is 63.4 Å². The maximum absolute atomic E-state index is 12.7. The Morgan fingerprint density at radius 1 is 1.04 bits per heavy atom. The van der Waals surface area contributed by atoms with Crippen LogP contribution < -0.4 is 0 Å². The second-order valence-corrected chi connectivity index (χ2v) is 7.28. The highest BCUT2D eigenvalue weighted by atomic mass is 16.2. The molecule has 2 aliphatic rings. The van der Waals surface area contributed by atoms with E-state index in [9.17, 15) is 9.59 Å². The minimum atomic E-state index is -0.183. The molecule has 0 aliphatic carbocycles. The number of piperidine rings is 1. The molecular formula is C18H26N4O2. The fourth-order valence-corrected chi connectivity index (χ4v) is 3.57. The van der Waals surface area contributed by atoms with Gasteiger partial charge in [-0.3, -0.25) is 9.59 Å². The van der Waals surface area contributed by atoms with E-state index in [2.05, 4.69) is 16.9 Å². The van der Waals surface area contributed by atoms with Crippen molar-refractivity contribution < 1.29 is 9.59 Å². The minimum Gasteiger partial charge on any atom is -0.343 e. The van der Waals surface area contributed by atoms with Crippen molar-refractivity contribution in [3.63, 3.8) is 0 Å². The van der Waals surface area contributed by atoms with Gasteiger partial charge in [0.2, 0.25) is 5.91 Å². The summed E-state index contributed by atoms with van der Waals surface area (Å²) in [6, 6.07) is 1.79. The summed E-state index contributed by atoms with van der Waals surface area (Å²) >= 11 is 0. The number of aryl methyl sites for hydroxylation is 1. The van der Waals surface area contributed by atoms with Crippen LogP contribution in [-0.2, 0) is 10.2 Å². The Balaban J connectivity index is 1.83. The Labute approximate surface area is 143 Å². The number of rotatable bonds is 2. The summed E-state index contributed by atoms with van der Waals surface area (Å²) in [5, 5.41) is 0. The number of carbonyl (C=O) groups excluding carboxylic acids is 2. The Hall–Kier alpha value is -1.98. The molecule has 3 rings (SSSR count). The number of aromatic nitrogens is 2. The zero-order chi connectivity index (χ0) is 17.3. The lowest BCUT2D eigenvalue weighted by molar-refractivity contribution is -0.130. The first-order chi connectivity index (χ1) is 11.4. The van der Waals surface area contributed by atoms with Gasteiger partial charge in [-0.1, -0.05) is 6.92 Å². The van der Waals surface area contributed by atoms with Gasteiger partial charge >= 0.3 is 0 Å². The first-order valence-electron chi connectivity index (χ1n) is 8.80. The van der Waals surface area contributed by atoms with Gasteiger partial charge < -0.3 is 9.80 Å². The quantitative estimate of drug-likeness (QED) is 0.831. The molecule has 0 radical (unpaired) electrons. The van der Waals surface area contributed by atoms with E-state index in [1.54, 1.807) is 13.0 Å². The van der Waals surface area contributed by atoms with E-state index in [1.807, 2.05) is 16.7 Å². The van der Waals surface area contributed by atoms with E-state index in [4.69, 9.17) is 0 Å². The fraction of sp³-hybridized carbons (Fsp3) is 0.667. The third kappa shape index (κ3) is 3.28. The average molecular weight is 330 g/mol. The molecule has 0 spiro atoms. The monoisotopic (exact) mass is 330 g/mol. The molecule has 2 amide bonds. The molecule has 2 aliphatic heterocycles. The van der Waals surface area contributed by atoms with Crippen LogP contribution in [0, 0.1) is 6.92 Å². The molecule has 130 valence electrons. The molecule has 0 N–H and O–H groups in total. The molecule has 6 nitrogen and oxygen atoms in total. The Bertz CT molecular complexity index is 644.